The molecule has 0 saturated carbocycles. The number of benzene rings is 8. The van der Waals surface area contributed by atoms with Crippen molar-refractivity contribution in [3.63, 3.8) is 0 Å². The number of hydrogen-bond acceptors (Lipinski definition) is 13. The van der Waals surface area contributed by atoms with Crippen LogP contribution in [0, 0.1) is 125 Å². The summed E-state index contributed by atoms with van der Waals surface area (Å²) in [6.45, 7) is 37.2. The number of pyridine rings is 11. The molecule has 20 rings (SSSR count). The van der Waals surface area contributed by atoms with Crippen molar-refractivity contribution in [1.29, 1.82) is 0 Å². The first-order valence-corrected chi connectivity index (χ1v) is 38.5. The van der Waals surface area contributed by atoms with Gasteiger partial charge in [0.05, 0.1) is 60.7 Å². The van der Waals surface area contributed by atoms with Crippen molar-refractivity contribution in [1.82, 2.24) is 54.8 Å². The Morgan fingerprint density at radius 2 is 0.482 bits per heavy atom. The smallest absolute Gasteiger partial charge is 0.194 e. The van der Waals surface area contributed by atoms with Gasteiger partial charge in [-0.2, -0.15) is 0 Å². The van der Waals surface area contributed by atoms with E-state index in [2.05, 4.69) is 239 Å². The summed E-state index contributed by atoms with van der Waals surface area (Å²) >= 11 is 0. The lowest BCUT2D eigenvalue weighted by atomic mass is 9.80. The first kappa shape index (κ1) is 77.3. The third kappa shape index (κ3) is 15.3. The molecule has 11 aromatic heterocycles. The molecule has 1 aliphatic carbocycles. The summed E-state index contributed by atoms with van der Waals surface area (Å²) in [7, 11) is 0. The first-order chi connectivity index (χ1) is 54.8. The molecule has 19 aromatic rings. The lowest BCUT2D eigenvalue weighted by Crippen LogP contribution is -2.23. The van der Waals surface area contributed by atoms with Gasteiger partial charge >= 0.3 is 0 Å². The highest BCUT2D eigenvalue weighted by Crippen LogP contribution is 2.35. The van der Waals surface area contributed by atoms with Crippen molar-refractivity contribution >= 4 is 131 Å². The quantitative estimate of drug-likeness (QED) is 0.131. The van der Waals surface area contributed by atoms with Crippen LogP contribution in [0.3, 0.4) is 0 Å². The molecular weight excluding hydrogens is 1400 g/mol. The van der Waals surface area contributed by atoms with Gasteiger partial charge in [-0.25, -0.2) is 0 Å². The van der Waals surface area contributed by atoms with Gasteiger partial charge in [-0.05, 0) is 258 Å². The van der Waals surface area contributed by atoms with Crippen molar-refractivity contribution < 1.29 is 9.59 Å². The highest BCUT2D eigenvalue weighted by molar-refractivity contribution is 6.29. The standard InChI is InChI=1S/2C16H16N2.C16H12O2.3C14H12N2.C11H11N/c1-9-5-7-13-11(3)12(4)14-8-6-10(2)18-16(14)15(13)17-9;1-9-7-11(3)17-15-13(9)5-6-14-10(2)8-12(4)18-16(14)15;1-9-7-8-10(2)14-13(9)15(17)11-5-3-4-6-12(11)16(14)18;1-9-3-5-11-7-8-12-6-4-10(2)16-14(12)13(11)15-9;1-9-10(2)12-6-4-8-16-14(12)13-11(9)5-3-7-15-13;1-9-5-7-15-13-11(9)3-4-12-10(2)6-8-16-14(12)13;1-8-5-6-10-4-3-7-12-11(10)9(8)2/h2*5-8H,1-4H3;3-8H,1-2H3;3*3-8H,1-2H3;3-7H,1-2H3. The molecule has 0 bridgehead atoms. The molecule has 0 N–H and O–H groups in total. The van der Waals surface area contributed by atoms with Crippen molar-refractivity contribution in [3.05, 3.63) is 348 Å². The number of carbonyl (C=O) groups excluding carboxylic acids is 2. The zero-order chi connectivity index (χ0) is 80.5. The summed E-state index contributed by atoms with van der Waals surface area (Å²) < 4.78 is 0. The Morgan fingerprint density at radius 3 is 0.904 bits per heavy atom. The maximum absolute atomic E-state index is 12.5. The van der Waals surface area contributed by atoms with Crippen LogP contribution in [0.25, 0.3) is 120 Å². The minimum absolute atomic E-state index is 0.0404. The van der Waals surface area contributed by atoms with Crippen LogP contribution in [0.2, 0.25) is 0 Å². The van der Waals surface area contributed by atoms with Crippen LogP contribution in [0.5, 0.6) is 0 Å². The van der Waals surface area contributed by atoms with Gasteiger partial charge in [0.25, 0.3) is 0 Å². The van der Waals surface area contributed by atoms with Gasteiger partial charge in [-0.1, -0.05) is 127 Å². The molecule has 0 amide bonds. The molecule has 0 unspecified atom stereocenters. The fourth-order valence-electron chi connectivity index (χ4n) is 15.3. The second kappa shape index (κ2) is 32.5. The average Bonchev–Trinajstić information content (AvgIpc) is 0.762. The van der Waals surface area contributed by atoms with Gasteiger partial charge < -0.3 is 0 Å². The molecule has 0 fully saturated rings. The number of rotatable bonds is 0. The maximum atomic E-state index is 12.5. The second-order valence-electron chi connectivity index (χ2n) is 30.0. The average molecular weight is 1490 g/mol. The van der Waals surface area contributed by atoms with E-state index in [1.807, 2.05) is 141 Å². The predicted octanol–water partition coefficient (Wildman–Crippen LogP) is 24.2. The number of ketones is 2. The Balaban J connectivity index is 0.000000110. The van der Waals surface area contributed by atoms with E-state index in [9.17, 15) is 9.59 Å². The fraction of sp³-hybridized carbons (Fsp3) is 0.178. The van der Waals surface area contributed by atoms with Crippen LogP contribution >= 0.6 is 0 Å². The zero-order valence-corrected chi connectivity index (χ0v) is 68.1. The topological polar surface area (TPSA) is 176 Å². The number of aromatic nitrogens is 11. The number of nitrogens with zero attached hydrogens (tertiary/aromatic N) is 11. The second-order valence-corrected chi connectivity index (χ2v) is 30.0. The maximum Gasteiger partial charge on any atom is 0.194 e. The number of aryl methyl sites for hydroxylation is 18. The highest BCUT2D eigenvalue weighted by atomic mass is 16.1. The van der Waals surface area contributed by atoms with E-state index in [1.165, 1.54) is 104 Å². The predicted molar refractivity (Wildman–Crippen MR) is 472 cm³/mol. The van der Waals surface area contributed by atoms with Crippen LogP contribution < -0.4 is 0 Å². The van der Waals surface area contributed by atoms with E-state index >= 15 is 0 Å². The van der Waals surface area contributed by atoms with Crippen LogP contribution in [0.1, 0.15) is 133 Å². The Bertz CT molecular complexity index is 6690. The molecule has 562 valence electrons. The van der Waals surface area contributed by atoms with E-state index in [0.29, 0.717) is 22.3 Å². The summed E-state index contributed by atoms with van der Waals surface area (Å²) in [6.07, 6.45) is 9.19. The molecule has 0 radical (unpaired) electrons. The van der Waals surface area contributed by atoms with Gasteiger partial charge in [-0.15, -0.1) is 0 Å². The monoisotopic (exact) mass is 1490 g/mol. The summed E-state index contributed by atoms with van der Waals surface area (Å²) in [5.74, 6) is -0.0807. The van der Waals surface area contributed by atoms with Gasteiger partial charge in [-0.3, -0.25) is 64.4 Å². The molecule has 0 spiro atoms. The molecule has 13 heteroatoms. The fourth-order valence-corrected chi connectivity index (χ4v) is 15.3. The molecule has 13 nitrogen and oxygen atoms in total. The van der Waals surface area contributed by atoms with Crippen LogP contribution in [-0.4, -0.2) is 66.4 Å². The van der Waals surface area contributed by atoms with E-state index in [4.69, 9.17) is 0 Å². The van der Waals surface area contributed by atoms with Crippen LogP contribution in [0.4, 0.5) is 0 Å². The van der Waals surface area contributed by atoms with E-state index < -0.39 is 0 Å². The van der Waals surface area contributed by atoms with E-state index in [-0.39, 0.29) is 11.6 Å². The normalized spacial score (nSPS) is 11.5. The van der Waals surface area contributed by atoms with Crippen molar-refractivity contribution in [2.75, 3.05) is 0 Å². The third-order valence-electron chi connectivity index (χ3n) is 21.9. The van der Waals surface area contributed by atoms with Gasteiger partial charge in [0.2, 0.25) is 0 Å². The SMILES string of the molecule is Cc1c(C)c2cccnc2c2ncccc12.Cc1cc(C)c2ccc3c(C)cc(C)nc3c2n1.Cc1ccc(C)c2c1C(=O)c1ccccc1C2=O.Cc1ccc2c(C)c(C)c3ccc(C)nc3c2n1.Cc1ccc2ccc3ccc(C)nc3c2n1.Cc1ccc2cccnc2c1C.Cc1ccnc2c1ccc1c(C)ccnc12. The number of hydrogen-bond donors (Lipinski definition) is 0. The number of carbonyl (C=O) groups is 2. The zero-order valence-electron chi connectivity index (χ0n) is 68.1. The minimum Gasteiger partial charge on any atom is -0.289 e. The molecule has 8 aromatic carbocycles. The minimum atomic E-state index is -0.0404. The lowest BCUT2D eigenvalue weighted by molar-refractivity contribution is 0.0978. The molecule has 0 atom stereocenters. The van der Waals surface area contributed by atoms with E-state index in [0.717, 1.165) is 117 Å². The Morgan fingerprint density at radius 1 is 0.193 bits per heavy atom. The molecule has 0 saturated heterocycles. The summed E-state index contributed by atoms with van der Waals surface area (Å²) in [4.78, 5) is 75.0. The Hall–Kier alpha value is -13.4. The largest absolute Gasteiger partial charge is 0.289 e. The molecule has 11 heterocycles. The van der Waals surface area contributed by atoms with Crippen molar-refractivity contribution in [2.24, 2.45) is 0 Å². The molecule has 1 aliphatic rings. The molecule has 0 aliphatic heterocycles. The third-order valence-corrected chi connectivity index (χ3v) is 21.9. The highest BCUT2D eigenvalue weighted by Gasteiger charge is 2.32. The summed E-state index contributed by atoms with van der Waals surface area (Å²) in [5, 5.41) is 13.1. The summed E-state index contributed by atoms with van der Waals surface area (Å²) in [6, 6.07) is 65.1. The lowest BCUT2D eigenvalue weighted by Gasteiger charge is -2.20. The van der Waals surface area contributed by atoms with Crippen molar-refractivity contribution in [3.8, 4) is 0 Å². The molecular formula is C101H91N11O2. The van der Waals surface area contributed by atoms with Gasteiger partial charge in [0.1, 0.15) is 0 Å². The first-order valence-electron chi connectivity index (χ1n) is 38.5. The Kier molecular flexibility index (Phi) is 22.1. The van der Waals surface area contributed by atoms with Gasteiger partial charge in [0, 0.05) is 147 Å². The summed E-state index contributed by atoms with van der Waals surface area (Å²) in [5.41, 5.74) is 34.2. The van der Waals surface area contributed by atoms with Crippen LogP contribution in [-0.2, 0) is 0 Å². The van der Waals surface area contributed by atoms with Gasteiger partial charge in [0.15, 0.2) is 11.6 Å². The molecule has 114 heavy (non-hydrogen) atoms. The van der Waals surface area contributed by atoms with Crippen molar-refractivity contribution in [2.45, 2.75) is 125 Å². The van der Waals surface area contributed by atoms with Crippen LogP contribution in [0.15, 0.2) is 225 Å². The van der Waals surface area contributed by atoms with E-state index in [1.54, 1.807) is 24.3 Å². The Labute approximate surface area is 664 Å². The number of fused-ring (bicyclic) bond motifs is 18.